The molecular weight excluding hydrogens is 455 g/mol. The van der Waals surface area contributed by atoms with Gasteiger partial charge in [0.15, 0.2) is 0 Å². The maximum absolute atomic E-state index is 12.9. The molecule has 184 valence electrons. The van der Waals surface area contributed by atoms with Crippen molar-refractivity contribution in [3.8, 4) is 11.4 Å². The number of rotatable bonds is 13. The molecule has 3 heterocycles. The third-order valence-electron chi connectivity index (χ3n) is 5.83. The van der Waals surface area contributed by atoms with E-state index < -0.39 is 11.9 Å². The third kappa shape index (κ3) is 7.83. The van der Waals surface area contributed by atoms with E-state index in [1.807, 2.05) is 23.5 Å². The Hall–Kier alpha value is -2.41. The van der Waals surface area contributed by atoms with Crippen LogP contribution in [0.15, 0.2) is 30.5 Å². The first-order valence-corrected chi connectivity index (χ1v) is 13.1. The summed E-state index contributed by atoms with van der Waals surface area (Å²) in [5, 5.41) is 5.84. The average Bonchev–Trinajstić information content (AvgIpc) is 3.46. The fraction of sp³-hybridized carbons (Fsp3) is 0.481. The van der Waals surface area contributed by atoms with Crippen molar-refractivity contribution < 1.29 is 13.2 Å². The quantitative estimate of drug-likeness (QED) is 0.243. The molecule has 0 spiro atoms. The first-order chi connectivity index (χ1) is 16.4. The topological polar surface area (TPSA) is 41.6 Å². The summed E-state index contributed by atoms with van der Waals surface area (Å²) in [5.74, 6) is 0. The summed E-state index contributed by atoms with van der Waals surface area (Å²) in [6.45, 7) is 4.46. The Morgan fingerprint density at radius 1 is 0.882 bits per heavy atom. The van der Waals surface area contributed by atoms with Crippen LogP contribution in [0.3, 0.4) is 0 Å². The monoisotopic (exact) mass is 489 g/mol. The van der Waals surface area contributed by atoms with Gasteiger partial charge in [0.2, 0.25) is 0 Å². The first-order valence-electron chi connectivity index (χ1n) is 12.3. The van der Waals surface area contributed by atoms with Crippen LogP contribution in [-0.4, -0.2) is 15.2 Å². The summed E-state index contributed by atoms with van der Waals surface area (Å²) < 4.78 is 38.7. The minimum atomic E-state index is -4.45. The number of unbranched alkanes of at least 4 members (excludes halogenated alkanes) is 6. The van der Waals surface area contributed by atoms with Gasteiger partial charge < -0.3 is 0 Å². The second-order valence-electron chi connectivity index (χ2n) is 8.70. The second kappa shape index (κ2) is 12.9. The molecule has 0 fully saturated rings. The number of nitrogens with one attached hydrogen (secondary N) is 1. The zero-order valence-electron chi connectivity index (χ0n) is 20.0. The predicted molar refractivity (Wildman–Crippen MR) is 136 cm³/mol. The Morgan fingerprint density at radius 3 is 2.29 bits per heavy atom. The van der Waals surface area contributed by atoms with Gasteiger partial charge >= 0.3 is 6.18 Å². The highest BCUT2D eigenvalue weighted by atomic mass is 32.1. The van der Waals surface area contributed by atoms with Gasteiger partial charge in [0.05, 0.1) is 5.69 Å². The lowest BCUT2D eigenvalue weighted by Gasteiger charge is -2.01. The molecule has 0 aromatic carbocycles. The first kappa shape index (κ1) is 26.2. The number of alkyl halides is 3. The minimum absolute atomic E-state index is 0.185. The van der Waals surface area contributed by atoms with Gasteiger partial charge in [-0.25, -0.2) is 0 Å². The van der Waals surface area contributed by atoms with Crippen LogP contribution in [0.1, 0.15) is 91.8 Å². The molecular formula is C27H34F3N3S. The number of aryl methyl sites for hydroxylation is 2. The van der Waals surface area contributed by atoms with E-state index in [2.05, 4.69) is 41.2 Å². The summed E-state index contributed by atoms with van der Waals surface area (Å²) in [7, 11) is 0. The van der Waals surface area contributed by atoms with E-state index in [-0.39, 0.29) is 5.69 Å². The lowest BCUT2D eigenvalue weighted by atomic mass is 10.0. The number of pyridine rings is 1. The summed E-state index contributed by atoms with van der Waals surface area (Å²) >= 11 is 1.86. The maximum atomic E-state index is 12.9. The van der Waals surface area contributed by atoms with Gasteiger partial charge in [-0.2, -0.15) is 18.3 Å². The van der Waals surface area contributed by atoms with Gasteiger partial charge in [-0.15, -0.1) is 11.3 Å². The highest BCUT2D eigenvalue weighted by Gasteiger charge is 2.33. The van der Waals surface area contributed by atoms with E-state index in [0.29, 0.717) is 5.69 Å². The largest absolute Gasteiger partial charge is 0.432 e. The molecule has 3 aromatic heterocycles. The van der Waals surface area contributed by atoms with E-state index in [4.69, 9.17) is 0 Å². The SMILES string of the molecule is CCCCCCc1cc(CCCCCC)c(/C=C/c2ccnc(-c3cc(C(F)(F)F)[nH]n3)c2)s1. The molecule has 7 heteroatoms. The molecule has 3 rings (SSSR count). The van der Waals surface area contributed by atoms with Gasteiger partial charge in [0, 0.05) is 16.0 Å². The average molecular weight is 490 g/mol. The number of thiophene rings is 1. The Balaban J connectivity index is 1.75. The number of hydrogen-bond acceptors (Lipinski definition) is 3. The third-order valence-corrected chi connectivity index (χ3v) is 7.03. The molecule has 3 nitrogen and oxygen atoms in total. The minimum Gasteiger partial charge on any atom is -0.273 e. The predicted octanol–water partition coefficient (Wildman–Crippen LogP) is 8.97. The van der Waals surface area contributed by atoms with Crippen molar-refractivity contribution >= 4 is 23.5 Å². The molecule has 0 bridgehead atoms. The van der Waals surface area contributed by atoms with Crippen LogP contribution in [0.4, 0.5) is 13.2 Å². The molecule has 0 aliphatic heterocycles. The van der Waals surface area contributed by atoms with E-state index in [0.717, 1.165) is 24.5 Å². The van der Waals surface area contributed by atoms with Crippen LogP contribution in [0.2, 0.25) is 0 Å². The van der Waals surface area contributed by atoms with Gasteiger partial charge in [0.1, 0.15) is 11.4 Å². The van der Waals surface area contributed by atoms with Crippen molar-refractivity contribution in [2.24, 2.45) is 0 Å². The van der Waals surface area contributed by atoms with Crippen molar-refractivity contribution in [2.75, 3.05) is 0 Å². The Bertz CT molecular complexity index is 1050. The molecule has 0 saturated carbocycles. The zero-order valence-corrected chi connectivity index (χ0v) is 20.9. The van der Waals surface area contributed by atoms with E-state index in [1.165, 1.54) is 66.7 Å². The molecule has 0 aliphatic carbocycles. The van der Waals surface area contributed by atoms with E-state index in [9.17, 15) is 13.2 Å². The van der Waals surface area contributed by atoms with Crippen molar-refractivity contribution in [2.45, 2.75) is 84.2 Å². The van der Waals surface area contributed by atoms with Gasteiger partial charge in [-0.3, -0.25) is 10.1 Å². The summed E-state index contributed by atoms with van der Waals surface area (Å²) in [5.41, 5.74) is 2.01. The smallest absolute Gasteiger partial charge is 0.273 e. The molecule has 0 amide bonds. The van der Waals surface area contributed by atoms with Crippen LogP contribution in [0.5, 0.6) is 0 Å². The van der Waals surface area contributed by atoms with Crippen LogP contribution in [0.25, 0.3) is 23.5 Å². The molecule has 0 radical (unpaired) electrons. The standard InChI is InChI=1S/C27H34F3N3S/c1-3-5-7-9-11-21-18-22(12-10-8-6-4-2)34-25(21)14-13-20-15-16-31-23(17-20)24-19-26(33-32-24)27(28,29)30/h13-19H,3-12H2,1-2H3,(H,32,33)/b14-13+. The van der Waals surface area contributed by atoms with Gasteiger partial charge in [0.25, 0.3) is 0 Å². The molecule has 0 atom stereocenters. The Labute approximate surface area is 204 Å². The molecule has 0 unspecified atom stereocenters. The summed E-state index contributed by atoms with van der Waals surface area (Å²) in [6.07, 6.45) is 13.5. The highest BCUT2D eigenvalue weighted by molar-refractivity contribution is 7.13. The van der Waals surface area contributed by atoms with Gasteiger partial charge in [-0.05, 0) is 67.2 Å². The van der Waals surface area contributed by atoms with Gasteiger partial charge in [-0.1, -0.05) is 58.4 Å². The van der Waals surface area contributed by atoms with Crippen molar-refractivity contribution in [3.05, 3.63) is 57.0 Å². The fourth-order valence-corrected chi connectivity index (χ4v) is 5.05. The fourth-order valence-electron chi connectivity index (χ4n) is 3.89. The number of aromatic amines is 1. The number of hydrogen-bond donors (Lipinski definition) is 1. The van der Waals surface area contributed by atoms with E-state index in [1.54, 1.807) is 12.3 Å². The Morgan fingerprint density at radius 2 is 1.62 bits per heavy atom. The van der Waals surface area contributed by atoms with Crippen LogP contribution in [-0.2, 0) is 19.0 Å². The van der Waals surface area contributed by atoms with Crippen LogP contribution >= 0.6 is 11.3 Å². The number of aromatic nitrogens is 3. The highest BCUT2D eigenvalue weighted by Crippen LogP contribution is 2.31. The van der Waals surface area contributed by atoms with Crippen LogP contribution < -0.4 is 0 Å². The molecule has 0 saturated heterocycles. The molecule has 0 aliphatic rings. The number of halogens is 3. The van der Waals surface area contributed by atoms with Crippen molar-refractivity contribution in [3.63, 3.8) is 0 Å². The molecule has 3 aromatic rings. The summed E-state index contributed by atoms with van der Waals surface area (Å²) in [4.78, 5) is 6.92. The van der Waals surface area contributed by atoms with Crippen molar-refractivity contribution in [1.82, 2.24) is 15.2 Å². The molecule has 34 heavy (non-hydrogen) atoms. The maximum Gasteiger partial charge on any atom is 0.432 e. The zero-order chi connectivity index (χ0) is 24.4. The second-order valence-corrected chi connectivity index (χ2v) is 9.86. The summed E-state index contributed by atoms with van der Waals surface area (Å²) in [6, 6.07) is 7.00. The molecule has 1 N–H and O–H groups in total. The lowest BCUT2D eigenvalue weighted by Crippen LogP contribution is -2.04. The van der Waals surface area contributed by atoms with E-state index >= 15 is 0 Å². The number of nitrogens with zero attached hydrogens (tertiary/aromatic N) is 2. The lowest BCUT2D eigenvalue weighted by molar-refractivity contribution is -0.141. The Kier molecular flexibility index (Phi) is 9.93. The number of H-pyrrole nitrogens is 1. The van der Waals surface area contributed by atoms with Crippen molar-refractivity contribution in [1.29, 1.82) is 0 Å². The normalized spacial score (nSPS) is 12.1. The van der Waals surface area contributed by atoms with Crippen LogP contribution in [0, 0.1) is 0 Å².